The molecule has 0 radical (unpaired) electrons. The van der Waals surface area contributed by atoms with Crippen molar-refractivity contribution < 1.29 is 9.53 Å². The van der Waals surface area contributed by atoms with E-state index in [2.05, 4.69) is 9.88 Å². The van der Waals surface area contributed by atoms with Gasteiger partial charge in [-0.25, -0.2) is 4.98 Å². The summed E-state index contributed by atoms with van der Waals surface area (Å²) in [5.41, 5.74) is 3.15. The number of hydrogen-bond donors (Lipinski definition) is 1. The van der Waals surface area contributed by atoms with Crippen molar-refractivity contribution in [2.24, 2.45) is 0 Å². The number of nitrogens with one attached hydrogen (secondary N) is 1. The number of ether oxygens (including phenoxy) is 1. The second-order valence-corrected chi connectivity index (χ2v) is 7.52. The number of imidazole rings is 1. The molecule has 1 N–H and O–H groups in total. The molecule has 0 unspecified atom stereocenters. The lowest BCUT2D eigenvalue weighted by atomic mass is 10.2. The minimum absolute atomic E-state index is 0.213. The number of aromatic amines is 1. The summed E-state index contributed by atoms with van der Waals surface area (Å²) in [4.78, 5) is 25.0. The molecule has 1 saturated heterocycles. The molecule has 152 valence electrons. The molecule has 6 nitrogen and oxygen atoms in total. The van der Waals surface area contributed by atoms with Crippen LogP contribution in [0.2, 0.25) is 0 Å². The number of carbonyl (C=O) groups excluding carboxylic acids is 1. The molecule has 3 aromatic rings. The molecule has 0 bridgehead atoms. The molecule has 0 saturated carbocycles. The van der Waals surface area contributed by atoms with Crippen molar-refractivity contribution in [3.8, 4) is 5.75 Å². The highest BCUT2D eigenvalue weighted by Crippen LogP contribution is 2.19. The highest BCUT2D eigenvalue weighted by atomic mass is 16.5. The number of para-hydroxylation sites is 3. The molecule has 1 aliphatic rings. The van der Waals surface area contributed by atoms with Gasteiger partial charge in [0.1, 0.15) is 5.75 Å². The Hall–Kier alpha value is -3.02. The number of aryl methyl sites for hydroxylation is 1. The Morgan fingerprint density at radius 1 is 1.07 bits per heavy atom. The lowest BCUT2D eigenvalue weighted by Gasteiger charge is -2.22. The first kappa shape index (κ1) is 19.3. The van der Waals surface area contributed by atoms with Gasteiger partial charge in [-0.1, -0.05) is 30.3 Å². The SMILES string of the molecule is Cc1ccccc1OCCCC(=O)N1CCCN(c2nc3ccccc3[nH]2)CC1. The summed E-state index contributed by atoms with van der Waals surface area (Å²) in [5.74, 6) is 2.01. The lowest BCUT2D eigenvalue weighted by molar-refractivity contribution is -0.131. The van der Waals surface area contributed by atoms with Gasteiger partial charge >= 0.3 is 0 Å². The first-order chi connectivity index (χ1) is 14.2. The largest absolute Gasteiger partial charge is 0.493 e. The molecule has 6 heteroatoms. The Morgan fingerprint density at radius 2 is 1.90 bits per heavy atom. The van der Waals surface area contributed by atoms with E-state index < -0.39 is 0 Å². The standard InChI is InChI=1S/C23H28N4O2/c1-18-8-2-5-11-21(18)29-17-6-12-22(28)26-13-7-14-27(16-15-26)23-24-19-9-3-4-10-20(19)25-23/h2-5,8-11H,6-7,12-17H2,1H3,(H,24,25). The molecule has 1 fully saturated rings. The fraction of sp³-hybridized carbons (Fsp3) is 0.391. The first-order valence-corrected chi connectivity index (χ1v) is 10.4. The van der Waals surface area contributed by atoms with Crippen molar-refractivity contribution in [2.45, 2.75) is 26.2 Å². The van der Waals surface area contributed by atoms with E-state index in [4.69, 9.17) is 9.72 Å². The molecule has 29 heavy (non-hydrogen) atoms. The van der Waals surface area contributed by atoms with Crippen LogP contribution in [0.15, 0.2) is 48.5 Å². The first-order valence-electron chi connectivity index (χ1n) is 10.4. The van der Waals surface area contributed by atoms with E-state index in [-0.39, 0.29) is 5.91 Å². The number of hydrogen-bond acceptors (Lipinski definition) is 4. The van der Waals surface area contributed by atoms with Gasteiger partial charge in [-0.15, -0.1) is 0 Å². The van der Waals surface area contributed by atoms with E-state index in [1.165, 1.54) is 0 Å². The monoisotopic (exact) mass is 392 g/mol. The molecule has 1 aliphatic heterocycles. The zero-order valence-electron chi connectivity index (χ0n) is 16.9. The zero-order valence-corrected chi connectivity index (χ0v) is 16.9. The van der Waals surface area contributed by atoms with Gasteiger partial charge in [-0.3, -0.25) is 4.79 Å². The van der Waals surface area contributed by atoms with Crippen LogP contribution in [0, 0.1) is 6.92 Å². The van der Waals surface area contributed by atoms with Crippen molar-refractivity contribution in [2.75, 3.05) is 37.7 Å². The van der Waals surface area contributed by atoms with E-state index in [1.807, 2.05) is 60.4 Å². The van der Waals surface area contributed by atoms with Crippen LogP contribution in [0.3, 0.4) is 0 Å². The fourth-order valence-electron chi connectivity index (χ4n) is 3.75. The molecule has 0 spiro atoms. The normalized spacial score (nSPS) is 14.8. The third kappa shape index (κ3) is 4.70. The van der Waals surface area contributed by atoms with Crippen molar-refractivity contribution in [3.05, 3.63) is 54.1 Å². The van der Waals surface area contributed by atoms with Crippen molar-refractivity contribution in [1.29, 1.82) is 0 Å². The summed E-state index contributed by atoms with van der Waals surface area (Å²) in [6.07, 6.45) is 2.20. The predicted molar refractivity (Wildman–Crippen MR) is 115 cm³/mol. The van der Waals surface area contributed by atoms with Gasteiger partial charge in [0.15, 0.2) is 0 Å². The van der Waals surface area contributed by atoms with Gasteiger partial charge in [0.05, 0.1) is 17.6 Å². The van der Waals surface area contributed by atoms with Crippen LogP contribution >= 0.6 is 0 Å². The Bertz CT molecular complexity index is 935. The van der Waals surface area contributed by atoms with Crippen LogP contribution < -0.4 is 9.64 Å². The number of fused-ring (bicyclic) bond motifs is 1. The number of rotatable bonds is 6. The summed E-state index contributed by atoms with van der Waals surface area (Å²) in [6.45, 7) is 5.83. The smallest absolute Gasteiger partial charge is 0.222 e. The van der Waals surface area contributed by atoms with Gasteiger partial charge in [0.25, 0.3) is 0 Å². The fourth-order valence-corrected chi connectivity index (χ4v) is 3.75. The van der Waals surface area contributed by atoms with E-state index >= 15 is 0 Å². The topological polar surface area (TPSA) is 61.5 Å². The third-order valence-electron chi connectivity index (χ3n) is 5.41. The average Bonchev–Trinajstić information content (AvgIpc) is 3.01. The Kier molecular flexibility index (Phi) is 5.98. The maximum atomic E-state index is 12.6. The number of nitrogens with zero attached hydrogens (tertiary/aromatic N) is 3. The molecule has 1 amide bonds. The minimum Gasteiger partial charge on any atom is -0.493 e. The van der Waals surface area contributed by atoms with Crippen LogP contribution in [-0.4, -0.2) is 53.6 Å². The summed E-state index contributed by atoms with van der Waals surface area (Å²) >= 11 is 0. The maximum absolute atomic E-state index is 12.6. The van der Waals surface area contributed by atoms with E-state index in [9.17, 15) is 4.79 Å². The Morgan fingerprint density at radius 3 is 2.76 bits per heavy atom. The number of aromatic nitrogens is 2. The maximum Gasteiger partial charge on any atom is 0.222 e. The predicted octanol–water partition coefficient (Wildman–Crippen LogP) is 3.77. The second kappa shape index (κ2) is 8.99. The number of carbonyl (C=O) groups is 1. The van der Waals surface area contributed by atoms with Crippen LogP contribution in [-0.2, 0) is 4.79 Å². The van der Waals surface area contributed by atoms with Crippen LogP contribution in [0.1, 0.15) is 24.8 Å². The molecule has 1 aromatic heterocycles. The minimum atomic E-state index is 0.213. The van der Waals surface area contributed by atoms with Crippen LogP contribution in [0.25, 0.3) is 11.0 Å². The van der Waals surface area contributed by atoms with Crippen molar-refractivity contribution >= 4 is 22.9 Å². The number of anilines is 1. The van der Waals surface area contributed by atoms with E-state index in [0.29, 0.717) is 13.0 Å². The van der Waals surface area contributed by atoms with Gasteiger partial charge < -0.3 is 19.5 Å². The molecule has 2 heterocycles. The van der Waals surface area contributed by atoms with Crippen LogP contribution in [0.5, 0.6) is 5.75 Å². The van der Waals surface area contributed by atoms with Crippen LogP contribution in [0.4, 0.5) is 5.95 Å². The Labute approximate surface area is 171 Å². The zero-order chi connectivity index (χ0) is 20.1. The third-order valence-corrected chi connectivity index (χ3v) is 5.41. The molecule has 4 rings (SSSR count). The average molecular weight is 393 g/mol. The highest BCUT2D eigenvalue weighted by molar-refractivity contribution is 5.78. The van der Waals surface area contributed by atoms with Crippen molar-refractivity contribution in [1.82, 2.24) is 14.9 Å². The van der Waals surface area contributed by atoms with Crippen molar-refractivity contribution in [3.63, 3.8) is 0 Å². The van der Waals surface area contributed by atoms with E-state index in [1.54, 1.807) is 0 Å². The van der Waals surface area contributed by atoms with Gasteiger partial charge in [0, 0.05) is 32.6 Å². The summed E-state index contributed by atoms with van der Waals surface area (Å²) in [6, 6.07) is 16.0. The highest BCUT2D eigenvalue weighted by Gasteiger charge is 2.20. The quantitative estimate of drug-likeness (QED) is 0.649. The molecule has 0 aliphatic carbocycles. The summed E-state index contributed by atoms with van der Waals surface area (Å²) < 4.78 is 5.81. The van der Waals surface area contributed by atoms with Gasteiger partial charge in [-0.2, -0.15) is 0 Å². The summed E-state index contributed by atoms with van der Waals surface area (Å²) in [7, 11) is 0. The molecular weight excluding hydrogens is 364 g/mol. The molecular formula is C23H28N4O2. The summed E-state index contributed by atoms with van der Waals surface area (Å²) in [5, 5.41) is 0. The molecule has 0 atom stereocenters. The second-order valence-electron chi connectivity index (χ2n) is 7.52. The van der Waals surface area contributed by atoms with E-state index in [0.717, 1.165) is 67.3 Å². The number of amides is 1. The molecule has 2 aromatic carbocycles. The number of H-pyrrole nitrogens is 1. The number of benzene rings is 2. The lowest BCUT2D eigenvalue weighted by Crippen LogP contribution is -2.35. The van der Waals surface area contributed by atoms with Gasteiger partial charge in [-0.05, 0) is 43.5 Å². The van der Waals surface area contributed by atoms with Gasteiger partial charge in [0.2, 0.25) is 11.9 Å². The Balaban J connectivity index is 1.25.